The molecular formula is C42H66O7. The van der Waals surface area contributed by atoms with Crippen molar-refractivity contribution in [3.8, 4) is 0 Å². The van der Waals surface area contributed by atoms with Gasteiger partial charge in [0.05, 0.1) is 18.3 Å². The minimum Gasteiger partial charge on any atom is -0.466 e. The van der Waals surface area contributed by atoms with Crippen LogP contribution in [0.15, 0.2) is 58.2 Å². The summed E-state index contributed by atoms with van der Waals surface area (Å²) in [5.41, 5.74) is 2.65. The van der Waals surface area contributed by atoms with Gasteiger partial charge in [0, 0.05) is 24.7 Å². The lowest BCUT2D eigenvalue weighted by molar-refractivity contribution is -0.168. The van der Waals surface area contributed by atoms with Gasteiger partial charge in [0.2, 0.25) is 0 Å². The molecule has 5 unspecified atom stereocenters. The predicted octanol–water partition coefficient (Wildman–Crippen LogP) is 9.23. The van der Waals surface area contributed by atoms with Gasteiger partial charge < -0.3 is 19.7 Å². The Kier molecular flexibility index (Phi) is 18.6. The number of unbranched alkanes of at least 4 members (excludes halogenated alkanes) is 6. The number of carbonyl (C=O) groups is 3. The summed E-state index contributed by atoms with van der Waals surface area (Å²) in [6.07, 6.45) is 22.6. The Bertz CT molecular complexity index is 1230. The average Bonchev–Trinajstić information content (AvgIpc) is 3.39. The fourth-order valence-corrected chi connectivity index (χ4v) is 7.97. The molecule has 5 atom stereocenters. The van der Waals surface area contributed by atoms with E-state index in [0.717, 1.165) is 48.7 Å². The van der Waals surface area contributed by atoms with Crippen LogP contribution in [0.5, 0.6) is 0 Å². The second-order valence-electron chi connectivity index (χ2n) is 14.9. The minimum absolute atomic E-state index is 0.0512. The average molecular weight is 683 g/mol. The fraction of sp³-hybridized carbons (Fsp3) is 0.690. The highest BCUT2D eigenvalue weighted by atomic mass is 16.5. The van der Waals surface area contributed by atoms with Gasteiger partial charge in [-0.05, 0) is 103 Å². The second-order valence-corrected chi connectivity index (χ2v) is 14.9. The van der Waals surface area contributed by atoms with Gasteiger partial charge in [-0.2, -0.15) is 0 Å². The molecule has 0 aromatic carbocycles. The number of aldehydes is 1. The molecule has 0 heterocycles. The molecule has 2 aliphatic rings. The van der Waals surface area contributed by atoms with Crippen molar-refractivity contribution < 1.29 is 34.1 Å². The van der Waals surface area contributed by atoms with Crippen molar-refractivity contribution in [2.75, 3.05) is 13.2 Å². The van der Waals surface area contributed by atoms with Crippen LogP contribution in [0.3, 0.4) is 0 Å². The molecule has 1 spiro atoms. The smallest absolute Gasteiger partial charge is 0.305 e. The van der Waals surface area contributed by atoms with Crippen LogP contribution < -0.4 is 0 Å². The summed E-state index contributed by atoms with van der Waals surface area (Å²) < 4.78 is 11.1. The molecule has 0 radical (unpaired) electrons. The fourth-order valence-electron chi connectivity index (χ4n) is 7.97. The first-order chi connectivity index (χ1) is 23.3. The Morgan fingerprint density at radius 1 is 0.939 bits per heavy atom. The van der Waals surface area contributed by atoms with Crippen molar-refractivity contribution in [3.63, 3.8) is 0 Å². The quantitative estimate of drug-likeness (QED) is 0.0329. The molecule has 7 heteroatoms. The van der Waals surface area contributed by atoms with Crippen LogP contribution in [0.2, 0.25) is 0 Å². The number of rotatable bonds is 20. The van der Waals surface area contributed by atoms with Crippen LogP contribution in [0.4, 0.5) is 0 Å². The summed E-state index contributed by atoms with van der Waals surface area (Å²) in [4.78, 5) is 36.4. The molecule has 0 aliphatic heterocycles. The van der Waals surface area contributed by atoms with Gasteiger partial charge in [-0.3, -0.25) is 14.4 Å². The third-order valence-electron chi connectivity index (χ3n) is 10.8. The van der Waals surface area contributed by atoms with Gasteiger partial charge in [-0.25, -0.2) is 0 Å². The van der Waals surface area contributed by atoms with E-state index < -0.39 is 23.1 Å². The Balaban J connectivity index is 2.26. The van der Waals surface area contributed by atoms with Gasteiger partial charge in [0.1, 0.15) is 12.9 Å². The zero-order valence-electron chi connectivity index (χ0n) is 31.7. The predicted molar refractivity (Wildman–Crippen MR) is 198 cm³/mol. The third kappa shape index (κ3) is 12.8. The van der Waals surface area contributed by atoms with Crippen molar-refractivity contribution >= 4 is 18.2 Å². The largest absolute Gasteiger partial charge is 0.466 e. The number of esters is 2. The highest BCUT2D eigenvalue weighted by Gasteiger charge is 2.64. The van der Waals surface area contributed by atoms with E-state index in [1.807, 2.05) is 39.0 Å². The first-order valence-corrected chi connectivity index (χ1v) is 18.8. The van der Waals surface area contributed by atoms with Gasteiger partial charge in [-0.15, -0.1) is 0 Å². The summed E-state index contributed by atoms with van der Waals surface area (Å²) >= 11 is 0. The first kappa shape index (κ1) is 42.4. The highest BCUT2D eigenvalue weighted by molar-refractivity contribution is 5.74. The Labute approximate surface area is 297 Å². The van der Waals surface area contributed by atoms with Gasteiger partial charge in [0.25, 0.3) is 0 Å². The number of aliphatic hydroxyl groups excluding tert-OH is 1. The molecule has 0 aromatic rings. The van der Waals surface area contributed by atoms with Crippen LogP contribution in [0.1, 0.15) is 145 Å². The molecule has 0 amide bonds. The van der Waals surface area contributed by atoms with E-state index in [1.165, 1.54) is 38.2 Å². The van der Waals surface area contributed by atoms with E-state index in [1.54, 1.807) is 0 Å². The number of hydrogen-bond acceptors (Lipinski definition) is 7. The molecule has 49 heavy (non-hydrogen) atoms. The van der Waals surface area contributed by atoms with Crippen LogP contribution in [-0.4, -0.2) is 53.4 Å². The molecule has 0 saturated heterocycles. The zero-order chi connectivity index (χ0) is 36.5. The van der Waals surface area contributed by atoms with Crippen molar-refractivity contribution in [3.05, 3.63) is 58.2 Å². The molecule has 276 valence electrons. The SMILES string of the molecule is CCCCCCCCCC(=O)OCCCC1C(=C(C)C=O)CCC(C)(O)C12CCC(C(=CC=CC(C)=CCC=C(C)C)COC(C)=O)C2O. The number of hydrogen-bond donors (Lipinski definition) is 2. The number of carbonyl (C=O) groups excluding carboxylic acids is 3. The van der Waals surface area contributed by atoms with E-state index >= 15 is 0 Å². The van der Waals surface area contributed by atoms with E-state index in [-0.39, 0.29) is 31.0 Å². The first-order valence-electron chi connectivity index (χ1n) is 18.8. The topological polar surface area (TPSA) is 110 Å². The van der Waals surface area contributed by atoms with Crippen LogP contribution in [0.25, 0.3) is 0 Å². The van der Waals surface area contributed by atoms with Crippen molar-refractivity contribution in [1.29, 1.82) is 0 Å². The summed E-state index contributed by atoms with van der Waals surface area (Å²) in [7, 11) is 0. The molecule has 2 aliphatic carbocycles. The molecule has 0 bridgehead atoms. The zero-order valence-corrected chi connectivity index (χ0v) is 31.7. The monoisotopic (exact) mass is 682 g/mol. The molecular weight excluding hydrogens is 616 g/mol. The molecule has 7 nitrogen and oxygen atoms in total. The van der Waals surface area contributed by atoms with Crippen molar-refractivity contribution in [1.82, 2.24) is 0 Å². The van der Waals surface area contributed by atoms with E-state index in [0.29, 0.717) is 50.5 Å². The molecule has 2 N–H and O–H groups in total. The van der Waals surface area contributed by atoms with Crippen LogP contribution in [-0.2, 0) is 23.9 Å². The summed E-state index contributed by atoms with van der Waals surface area (Å²) in [6, 6.07) is 0. The van der Waals surface area contributed by atoms with Crippen LogP contribution in [0, 0.1) is 17.3 Å². The third-order valence-corrected chi connectivity index (χ3v) is 10.8. The number of allylic oxidation sites excluding steroid dienone is 9. The lowest BCUT2D eigenvalue weighted by Gasteiger charge is -2.55. The van der Waals surface area contributed by atoms with Crippen molar-refractivity contribution in [2.45, 2.75) is 156 Å². The van der Waals surface area contributed by atoms with Gasteiger partial charge >= 0.3 is 11.9 Å². The van der Waals surface area contributed by atoms with E-state index in [4.69, 9.17) is 9.47 Å². The number of aliphatic hydroxyl groups is 2. The molecule has 2 fully saturated rings. The second kappa shape index (κ2) is 21.4. The number of ether oxygens (including phenoxy) is 2. The summed E-state index contributed by atoms with van der Waals surface area (Å²) in [5.74, 6) is -1.20. The Morgan fingerprint density at radius 2 is 1.63 bits per heavy atom. The van der Waals surface area contributed by atoms with Crippen LogP contribution >= 0.6 is 0 Å². The van der Waals surface area contributed by atoms with Gasteiger partial charge in [-0.1, -0.05) is 92.5 Å². The standard InChI is InChI=1S/C42H66O7/c1-8-9-10-11-12-13-14-23-39(45)48-28-17-22-38-36(33(5)29-43)24-26-41(7,47)42(38)27-25-37(40(42)46)35(30-49-34(6)44)21-16-20-32(4)19-15-18-31(2)3/h16,18-21,29,37-38,40,46-47H,8-15,17,22-28,30H2,1-7H3. The maximum atomic E-state index is 12.5. The highest BCUT2D eigenvalue weighted by Crippen LogP contribution is 2.63. The Morgan fingerprint density at radius 3 is 2.29 bits per heavy atom. The minimum atomic E-state index is -1.20. The maximum Gasteiger partial charge on any atom is 0.305 e. The van der Waals surface area contributed by atoms with E-state index in [2.05, 4.69) is 32.9 Å². The van der Waals surface area contributed by atoms with E-state index in [9.17, 15) is 24.6 Å². The lowest BCUT2D eigenvalue weighted by atomic mass is 9.52. The lowest BCUT2D eigenvalue weighted by Crippen LogP contribution is -2.59. The summed E-state index contributed by atoms with van der Waals surface area (Å²) in [5, 5.41) is 24.4. The maximum absolute atomic E-state index is 12.5. The Hall–Kier alpha value is -2.77. The normalized spacial score (nSPS) is 27.0. The van der Waals surface area contributed by atoms with Gasteiger partial charge in [0.15, 0.2) is 0 Å². The van der Waals surface area contributed by atoms with Crippen molar-refractivity contribution in [2.24, 2.45) is 17.3 Å². The summed E-state index contributed by atoms with van der Waals surface area (Å²) in [6.45, 7) is 13.7. The molecule has 2 rings (SSSR count). The molecule has 2 saturated carbocycles. The molecule has 0 aromatic heterocycles.